The molecule has 3 rings (SSSR count). The van der Waals surface area contributed by atoms with E-state index in [0.717, 1.165) is 32.3 Å². The van der Waals surface area contributed by atoms with Crippen LogP contribution in [-0.4, -0.2) is 48.1 Å². The highest BCUT2D eigenvalue weighted by atomic mass is 16.5. The molecule has 0 aromatic rings. The van der Waals surface area contributed by atoms with Crippen LogP contribution in [0.25, 0.3) is 0 Å². The fourth-order valence-corrected chi connectivity index (χ4v) is 3.26. The van der Waals surface area contributed by atoms with Crippen molar-refractivity contribution in [2.75, 3.05) is 13.2 Å². The van der Waals surface area contributed by atoms with Crippen LogP contribution in [0.2, 0.25) is 0 Å². The first-order valence-electron chi connectivity index (χ1n) is 7.42. The van der Waals surface area contributed by atoms with E-state index in [-0.39, 0.29) is 29.9 Å². The largest absolute Gasteiger partial charge is 0.379 e. The summed E-state index contributed by atoms with van der Waals surface area (Å²) in [5, 5.41) is 2.93. The number of nitrogens with zero attached hydrogens (tertiary/aromatic N) is 1. The summed E-state index contributed by atoms with van der Waals surface area (Å²) in [4.78, 5) is 26.7. The van der Waals surface area contributed by atoms with Gasteiger partial charge in [0.25, 0.3) is 0 Å². The smallest absolute Gasteiger partial charge is 0.246 e. The van der Waals surface area contributed by atoms with Gasteiger partial charge in [0.05, 0.1) is 12.6 Å². The number of carbonyl (C=O) groups excluding carboxylic acids is 2. The minimum Gasteiger partial charge on any atom is -0.379 e. The van der Waals surface area contributed by atoms with E-state index >= 15 is 0 Å². The average molecular weight is 266 g/mol. The number of hydrogen-bond donors (Lipinski definition) is 1. The number of ether oxygens (including phenoxy) is 1. The molecule has 0 radical (unpaired) electrons. The summed E-state index contributed by atoms with van der Waals surface area (Å²) in [5.41, 5.74) is 0. The Balaban J connectivity index is 1.81. The zero-order valence-corrected chi connectivity index (χ0v) is 11.4. The van der Waals surface area contributed by atoms with E-state index in [4.69, 9.17) is 4.74 Å². The van der Waals surface area contributed by atoms with Gasteiger partial charge in [-0.3, -0.25) is 9.59 Å². The third kappa shape index (κ3) is 2.36. The van der Waals surface area contributed by atoms with Gasteiger partial charge in [-0.15, -0.1) is 0 Å². The lowest BCUT2D eigenvalue weighted by molar-refractivity contribution is -0.156. The van der Waals surface area contributed by atoms with Crippen molar-refractivity contribution in [3.8, 4) is 0 Å². The maximum atomic E-state index is 12.7. The summed E-state index contributed by atoms with van der Waals surface area (Å²) < 4.78 is 5.50. The van der Waals surface area contributed by atoms with E-state index in [1.807, 2.05) is 11.8 Å². The standard InChI is InChI=1S/C14H22N2O3/c1-2-11-13(17)15-12(9-5-6-9)14(18)16(11)10-4-3-7-19-8-10/h9-12H,2-8H2,1H3,(H,15,17). The summed E-state index contributed by atoms with van der Waals surface area (Å²) in [6.45, 7) is 3.31. The lowest BCUT2D eigenvalue weighted by Crippen LogP contribution is -2.67. The zero-order chi connectivity index (χ0) is 13.4. The van der Waals surface area contributed by atoms with Crippen LogP contribution in [0.3, 0.4) is 0 Å². The lowest BCUT2D eigenvalue weighted by Gasteiger charge is -2.44. The van der Waals surface area contributed by atoms with Crippen LogP contribution in [-0.2, 0) is 14.3 Å². The monoisotopic (exact) mass is 266 g/mol. The molecule has 1 saturated carbocycles. The molecule has 2 aliphatic heterocycles. The van der Waals surface area contributed by atoms with Gasteiger partial charge in [-0.25, -0.2) is 0 Å². The van der Waals surface area contributed by atoms with Gasteiger partial charge in [-0.2, -0.15) is 0 Å². The van der Waals surface area contributed by atoms with Gasteiger partial charge in [0.15, 0.2) is 0 Å². The predicted molar refractivity (Wildman–Crippen MR) is 69.4 cm³/mol. The van der Waals surface area contributed by atoms with Crippen LogP contribution < -0.4 is 5.32 Å². The fourth-order valence-electron chi connectivity index (χ4n) is 3.26. The molecule has 0 bridgehead atoms. The minimum absolute atomic E-state index is 0.0181. The Kier molecular flexibility index (Phi) is 3.48. The van der Waals surface area contributed by atoms with Crippen LogP contribution in [0.5, 0.6) is 0 Å². The van der Waals surface area contributed by atoms with Crippen molar-refractivity contribution in [3.63, 3.8) is 0 Å². The third-order valence-electron chi connectivity index (χ3n) is 4.47. The highest BCUT2D eigenvalue weighted by Crippen LogP contribution is 2.36. The lowest BCUT2D eigenvalue weighted by atomic mass is 9.97. The van der Waals surface area contributed by atoms with Crippen molar-refractivity contribution in [2.24, 2.45) is 5.92 Å². The molecule has 19 heavy (non-hydrogen) atoms. The number of piperazine rings is 1. The third-order valence-corrected chi connectivity index (χ3v) is 4.47. The molecule has 1 N–H and O–H groups in total. The molecule has 3 unspecified atom stereocenters. The van der Waals surface area contributed by atoms with Crippen LogP contribution >= 0.6 is 0 Å². The maximum Gasteiger partial charge on any atom is 0.246 e. The Labute approximate surface area is 113 Å². The highest BCUT2D eigenvalue weighted by molar-refractivity contribution is 5.97. The Morgan fingerprint density at radius 2 is 2.11 bits per heavy atom. The summed E-state index contributed by atoms with van der Waals surface area (Å²) in [6.07, 6.45) is 4.71. The molecule has 0 aromatic heterocycles. The van der Waals surface area contributed by atoms with E-state index < -0.39 is 0 Å². The van der Waals surface area contributed by atoms with Gasteiger partial charge in [0.2, 0.25) is 11.8 Å². The molecule has 2 amide bonds. The second-order valence-corrected chi connectivity index (χ2v) is 5.86. The van der Waals surface area contributed by atoms with E-state index in [2.05, 4.69) is 5.32 Å². The van der Waals surface area contributed by atoms with E-state index in [1.165, 1.54) is 0 Å². The van der Waals surface area contributed by atoms with Crippen molar-refractivity contribution >= 4 is 11.8 Å². The molecule has 2 saturated heterocycles. The highest BCUT2D eigenvalue weighted by Gasteiger charge is 2.48. The van der Waals surface area contributed by atoms with Crippen LogP contribution in [0.1, 0.15) is 39.0 Å². The first-order valence-corrected chi connectivity index (χ1v) is 7.42. The molecule has 3 fully saturated rings. The molecule has 106 valence electrons. The number of nitrogens with one attached hydrogen (secondary N) is 1. The van der Waals surface area contributed by atoms with Gasteiger partial charge in [0.1, 0.15) is 12.1 Å². The average Bonchev–Trinajstić information content (AvgIpc) is 3.26. The Bertz CT molecular complexity index is 375. The second kappa shape index (κ2) is 5.12. The maximum absolute atomic E-state index is 12.7. The zero-order valence-electron chi connectivity index (χ0n) is 11.4. The first-order chi connectivity index (χ1) is 9.22. The van der Waals surface area contributed by atoms with Crippen LogP contribution in [0.15, 0.2) is 0 Å². The van der Waals surface area contributed by atoms with Gasteiger partial charge >= 0.3 is 0 Å². The summed E-state index contributed by atoms with van der Waals surface area (Å²) in [5.74, 6) is 0.496. The first kappa shape index (κ1) is 12.9. The number of hydrogen-bond acceptors (Lipinski definition) is 3. The van der Waals surface area contributed by atoms with E-state index in [0.29, 0.717) is 18.9 Å². The Morgan fingerprint density at radius 1 is 1.32 bits per heavy atom. The molecular formula is C14H22N2O3. The summed E-state index contributed by atoms with van der Waals surface area (Å²) in [7, 11) is 0. The molecule has 2 heterocycles. The molecule has 3 atom stereocenters. The van der Waals surface area contributed by atoms with Crippen LogP contribution in [0.4, 0.5) is 0 Å². The number of carbonyl (C=O) groups is 2. The fraction of sp³-hybridized carbons (Fsp3) is 0.857. The van der Waals surface area contributed by atoms with Crippen molar-refractivity contribution in [1.82, 2.24) is 10.2 Å². The molecular weight excluding hydrogens is 244 g/mol. The Hall–Kier alpha value is -1.10. The molecule has 5 nitrogen and oxygen atoms in total. The molecule has 0 aromatic carbocycles. The SMILES string of the molecule is CCC1C(=O)NC(C2CC2)C(=O)N1C1CCCOC1. The second-order valence-electron chi connectivity index (χ2n) is 5.86. The number of rotatable bonds is 3. The minimum atomic E-state index is -0.311. The summed E-state index contributed by atoms with van der Waals surface area (Å²) >= 11 is 0. The van der Waals surface area contributed by atoms with Gasteiger partial charge in [-0.05, 0) is 38.0 Å². The number of amides is 2. The van der Waals surface area contributed by atoms with Crippen molar-refractivity contribution in [2.45, 2.75) is 57.2 Å². The Morgan fingerprint density at radius 3 is 2.68 bits per heavy atom. The van der Waals surface area contributed by atoms with E-state index in [1.54, 1.807) is 0 Å². The van der Waals surface area contributed by atoms with Gasteiger partial charge in [-0.1, -0.05) is 6.92 Å². The molecule has 1 aliphatic carbocycles. The van der Waals surface area contributed by atoms with Gasteiger partial charge < -0.3 is 15.0 Å². The topological polar surface area (TPSA) is 58.6 Å². The molecule has 0 spiro atoms. The van der Waals surface area contributed by atoms with Crippen molar-refractivity contribution < 1.29 is 14.3 Å². The predicted octanol–water partition coefficient (Wildman–Crippen LogP) is 0.681. The quantitative estimate of drug-likeness (QED) is 0.817. The van der Waals surface area contributed by atoms with Crippen molar-refractivity contribution in [3.05, 3.63) is 0 Å². The van der Waals surface area contributed by atoms with Crippen molar-refractivity contribution in [1.29, 1.82) is 0 Å². The van der Waals surface area contributed by atoms with E-state index in [9.17, 15) is 9.59 Å². The summed E-state index contributed by atoms with van der Waals surface area (Å²) in [6, 6.07) is -0.509. The molecule has 3 aliphatic rings. The normalized spacial score (nSPS) is 36.3. The van der Waals surface area contributed by atoms with Crippen LogP contribution in [0, 0.1) is 5.92 Å². The van der Waals surface area contributed by atoms with Gasteiger partial charge in [0, 0.05) is 6.61 Å². The molecule has 5 heteroatoms.